The standard InChI is InChI=1S/C12H18N2O2/c1-9-3-4-11(13-2)12(15)14(7-9)10-5-6-16-8-10/h5-6,8-9,11,13H,3-4,7H2,1-2H3. The first-order valence-electron chi connectivity index (χ1n) is 5.73. The van der Waals surface area contributed by atoms with E-state index in [1.165, 1.54) is 0 Å². The first-order chi connectivity index (χ1) is 7.72. The van der Waals surface area contributed by atoms with E-state index in [9.17, 15) is 4.79 Å². The third-order valence-electron chi connectivity index (χ3n) is 3.17. The Bertz CT molecular complexity index is 348. The molecule has 1 N–H and O–H groups in total. The molecule has 2 unspecified atom stereocenters. The van der Waals surface area contributed by atoms with Gasteiger partial charge in [0.15, 0.2) is 0 Å². The van der Waals surface area contributed by atoms with Crippen molar-refractivity contribution in [1.82, 2.24) is 5.32 Å². The van der Waals surface area contributed by atoms with E-state index in [-0.39, 0.29) is 11.9 Å². The first kappa shape index (κ1) is 11.2. The maximum Gasteiger partial charge on any atom is 0.244 e. The number of hydrogen-bond donors (Lipinski definition) is 1. The summed E-state index contributed by atoms with van der Waals surface area (Å²) < 4.78 is 5.05. The molecular weight excluding hydrogens is 204 g/mol. The fourth-order valence-electron chi connectivity index (χ4n) is 2.17. The summed E-state index contributed by atoms with van der Waals surface area (Å²) in [6.07, 6.45) is 5.21. The quantitative estimate of drug-likeness (QED) is 0.827. The average molecular weight is 222 g/mol. The van der Waals surface area contributed by atoms with Crippen molar-refractivity contribution in [2.75, 3.05) is 18.5 Å². The van der Waals surface area contributed by atoms with Crippen LogP contribution in [-0.4, -0.2) is 25.5 Å². The van der Waals surface area contributed by atoms with Crippen molar-refractivity contribution in [2.45, 2.75) is 25.8 Å². The Morgan fingerprint density at radius 1 is 1.50 bits per heavy atom. The molecule has 1 aliphatic heterocycles. The number of nitrogens with zero attached hydrogens (tertiary/aromatic N) is 1. The molecule has 0 aromatic carbocycles. The van der Waals surface area contributed by atoms with Crippen molar-refractivity contribution < 1.29 is 9.21 Å². The lowest BCUT2D eigenvalue weighted by Gasteiger charge is -2.23. The van der Waals surface area contributed by atoms with Gasteiger partial charge in [0.1, 0.15) is 6.26 Å². The Morgan fingerprint density at radius 3 is 2.94 bits per heavy atom. The Labute approximate surface area is 95.6 Å². The van der Waals surface area contributed by atoms with Crippen molar-refractivity contribution in [2.24, 2.45) is 5.92 Å². The molecule has 1 aromatic rings. The van der Waals surface area contributed by atoms with Crippen molar-refractivity contribution in [3.63, 3.8) is 0 Å². The number of furan rings is 1. The second-order valence-corrected chi connectivity index (χ2v) is 4.45. The van der Waals surface area contributed by atoms with Gasteiger partial charge in [-0.15, -0.1) is 0 Å². The molecule has 1 saturated heterocycles. The van der Waals surface area contributed by atoms with Crippen LogP contribution in [0.25, 0.3) is 0 Å². The number of likely N-dealkylation sites (N-methyl/N-ethyl adjacent to an activating group) is 1. The highest BCUT2D eigenvalue weighted by Crippen LogP contribution is 2.23. The molecule has 0 aliphatic carbocycles. The van der Waals surface area contributed by atoms with Crippen LogP contribution in [-0.2, 0) is 4.79 Å². The van der Waals surface area contributed by atoms with Crippen molar-refractivity contribution >= 4 is 11.6 Å². The van der Waals surface area contributed by atoms with E-state index in [2.05, 4.69) is 12.2 Å². The van der Waals surface area contributed by atoms with Crippen LogP contribution in [0.3, 0.4) is 0 Å². The summed E-state index contributed by atoms with van der Waals surface area (Å²) in [6, 6.07) is 1.77. The second-order valence-electron chi connectivity index (χ2n) is 4.45. The number of rotatable bonds is 2. The summed E-state index contributed by atoms with van der Waals surface area (Å²) in [5.41, 5.74) is 0.860. The lowest BCUT2D eigenvalue weighted by Crippen LogP contribution is -2.44. The van der Waals surface area contributed by atoms with Crippen molar-refractivity contribution in [3.8, 4) is 0 Å². The molecule has 1 aliphatic rings. The maximum atomic E-state index is 12.2. The highest BCUT2D eigenvalue weighted by atomic mass is 16.3. The smallest absolute Gasteiger partial charge is 0.244 e. The predicted molar refractivity (Wildman–Crippen MR) is 62.3 cm³/mol. The Hall–Kier alpha value is -1.29. The number of hydrogen-bond acceptors (Lipinski definition) is 3. The van der Waals surface area contributed by atoms with E-state index in [1.54, 1.807) is 12.5 Å². The molecule has 1 fully saturated rings. The van der Waals surface area contributed by atoms with Gasteiger partial charge >= 0.3 is 0 Å². The van der Waals surface area contributed by atoms with Crippen molar-refractivity contribution in [3.05, 3.63) is 18.6 Å². The zero-order chi connectivity index (χ0) is 11.5. The minimum atomic E-state index is -0.0696. The molecule has 4 heteroatoms. The summed E-state index contributed by atoms with van der Waals surface area (Å²) in [6.45, 7) is 2.95. The van der Waals surface area contributed by atoms with E-state index >= 15 is 0 Å². The zero-order valence-electron chi connectivity index (χ0n) is 9.77. The van der Waals surface area contributed by atoms with Crippen LogP contribution in [0.4, 0.5) is 5.69 Å². The number of amides is 1. The lowest BCUT2D eigenvalue weighted by molar-refractivity contribution is -0.120. The number of nitrogens with one attached hydrogen (secondary N) is 1. The molecule has 2 heterocycles. The van der Waals surface area contributed by atoms with E-state index < -0.39 is 0 Å². The molecule has 1 amide bonds. The highest BCUT2D eigenvalue weighted by molar-refractivity contribution is 5.97. The summed E-state index contributed by atoms with van der Waals surface area (Å²) in [5, 5.41) is 3.08. The Balaban J connectivity index is 2.23. The number of carbonyl (C=O) groups excluding carboxylic acids is 1. The fraction of sp³-hybridized carbons (Fsp3) is 0.583. The zero-order valence-corrected chi connectivity index (χ0v) is 9.77. The van der Waals surface area contributed by atoms with E-state index in [4.69, 9.17) is 4.42 Å². The summed E-state index contributed by atoms with van der Waals surface area (Å²) >= 11 is 0. The number of carbonyl (C=O) groups is 1. The van der Waals surface area contributed by atoms with Gasteiger partial charge in [-0.25, -0.2) is 0 Å². The Kier molecular flexibility index (Phi) is 3.29. The SMILES string of the molecule is CNC1CCC(C)CN(c2ccoc2)C1=O. The molecule has 4 nitrogen and oxygen atoms in total. The Morgan fingerprint density at radius 2 is 2.31 bits per heavy atom. The topological polar surface area (TPSA) is 45.5 Å². The van der Waals surface area contributed by atoms with Crippen LogP contribution in [0.1, 0.15) is 19.8 Å². The largest absolute Gasteiger partial charge is 0.470 e. The van der Waals surface area contributed by atoms with Gasteiger partial charge in [-0.3, -0.25) is 4.79 Å². The van der Waals surface area contributed by atoms with Gasteiger partial charge in [0.2, 0.25) is 5.91 Å². The summed E-state index contributed by atoms with van der Waals surface area (Å²) in [5.74, 6) is 0.672. The molecule has 0 spiro atoms. The molecular formula is C12H18N2O2. The van der Waals surface area contributed by atoms with E-state index in [0.29, 0.717) is 5.92 Å². The number of anilines is 1. The van der Waals surface area contributed by atoms with Crippen LogP contribution >= 0.6 is 0 Å². The second kappa shape index (κ2) is 4.70. The minimum absolute atomic E-state index is 0.0696. The molecule has 0 saturated carbocycles. The van der Waals surface area contributed by atoms with Gasteiger partial charge in [-0.2, -0.15) is 0 Å². The van der Waals surface area contributed by atoms with Gasteiger partial charge < -0.3 is 14.6 Å². The first-order valence-corrected chi connectivity index (χ1v) is 5.73. The minimum Gasteiger partial charge on any atom is -0.470 e. The van der Waals surface area contributed by atoms with Gasteiger partial charge in [-0.05, 0) is 25.8 Å². The fourth-order valence-corrected chi connectivity index (χ4v) is 2.17. The van der Waals surface area contributed by atoms with Crippen LogP contribution in [0.15, 0.2) is 23.0 Å². The predicted octanol–water partition coefficient (Wildman–Crippen LogP) is 1.63. The van der Waals surface area contributed by atoms with Gasteiger partial charge in [0, 0.05) is 12.6 Å². The molecule has 88 valence electrons. The molecule has 0 radical (unpaired) electrons. The van der Waals surface area contributed by atoms with Crippen LogP contribution in [0.2, 0.25) is 0 Å². The third kappa shape index (κ3) is 2.11. The summed E-state index contributed by atoms with van der Waals surface area (Å²) in [4.78, 5) is 14.1. The van der Waals surface area contributed by atoms with Crippen LogP contribution < -0.4 is 10.2 Å². The molecule has 0 bridgehead atoms. The van der Waals surface area contributed by atoms with Gasteiger partial charge in [-0.1, -0.05) is 6.92 Å². The summed E-state index contributed by atoms with van der Waals surface area (Å²) in [7, 11) is 1.84. The monoisotopic (exact) mass is 222 g/mol. The molecule has 16 heavy (non-hydrogen) atoms. The van der Waals surface area contributed by atoms with E-state index in [1.807, 2.05) is 18.0 Å². The van der Waals surface area contributed by atoms with Gasteiger partial charge in [0.25, 0.3) is 0 Å². The lowest BCUT2D eigenvalue weighted by atomic mass is 10.0. The van der Waals surface area contributed by atoms with E-state index in [0.717, 1.165) is 25.1 Å². The molecule has 2 rings (SSSR count). The third-order valence-corrected chi connectivity index (χ3v) is 3.17. The van der Waals surface area contributed by atoms with Crippen molar-refractivity contribution in [1.29, 1.82) is 0 Å². The average Bonchev–Trinajstić information content (AvgIpc) is 2.75. The normalized spacial score (nSPS) is 26.9. The maximum absolute atomic E-state index is 12.2. The molecule has 1 aromatic heterocycles. The highest BCUT2D eigenvalue weighted by Gasteiger charge is 2.29. The molecule has 2 atom stereocenters. The van der Waals surface area contributed by atoms with Gasteiger partial charge in [0.05, 0.1) is 18.0 Å². The van der Waals surface area contributed by atoms with Crippen LogP contribution in [0.5, 0.6) is 0 Å². The van der Waals surface area contributed by atoms with Crippen LogP contribution in [0, 0.1) is 5.92 Å².